The molecule has 3 nitrogen and oxygen atoms in total. The minimum atomic E-state index is -0.251. The Hall–Kier alpha value is -1.68. The Kier molecular flexibility index (Phi) is 4.65. The molecular formula is C18H20O3. The van der Waals surface area contributed by atoms with Gasteiger partial charge in [-0.3, -0.25) is 0 Å². The van der Waals surface area contributed by atoms with Crippen LogP contribution in [-0.4, -0.2) is 23.9 Å². The summed E-state index contributed by atoms with van der Waals surface area (Å²) < 4.78 is 11.9. The Morgan fingerprint density at radius 3 is 2.33 bits per heavy atom. The Bertz CT molecular complexity index is 541. The standard InChI is InChI=1S/C18H20O3/c19-12-18-17(20-13-14-7-3-1-4-8-14)11-16(21-18)15-9-5-2-6-10-15/h1-10,16-19H,11-13H2/t16-,17+,18-/m1/s1. The van der Waals surface area contributed by atoms with Crippen molar-refractivity contribution in [2.24, 2.45) is 0 Å². The number of aliphatic hydroxyl groups excluding tert-OH is 1. The van der Waals surface area contributed by atoms with Crippen molar-refractivity contribution < 1.29 is 14.6 Å². The fraction of sp³-hybridized carbons (Fsp3) is 0.333. The van der Waals surface area contributed by atoms with Gasteiger partial charge in [-0.05, 0) is 11.1 Å². The van der Waals surface area contributed by atoms with E-state index in [4.69, 9.17) is 9.47 Å². The fourth-order valence-electron chi connectivity index (χ4n) is 2.71. The summed E-state index contributed by atoms with van der Waals surface area (Å²) in [7, 11) is 0. The highest BCUT2D eigenvalue weighted by atomic mass is 16.6. The number of rotatable bonds is 5. The molecule has 0 amide bonds. The van der Waals surface area contributed by atoms with E-state index in [0.717, 1.165) is 17.5 Å². The number of ether oxygens (including phenoxy) is 2. The summed E-state index contributed by atoms with van der Waals surface area (Å²) in [6, 6.07) is 20.2. The maximum atomic E-state index is 9.49. The van der Waals surface area contributed by atoms with Crippen LogP contribution in [0.5, 0.6) is 0 Å². The van der Waals surface area contributed by atoms with E-state index in [2.05, 4.69) is 12.1 Å². The molecule has 1 heterocycles. The van der Waals surface area contributed by atoms with E-state index < -0.39 is 0 Å². The third-order valence-electron chi connectivity index (χ3n) is 3.86. The molecule has 0 saturated carbocycles. The van der Waals surface area contributed by atoms with E-state index in [1.54, 1.807) is 0 Å². The van der Waals surface area contributed by atoms with Gasteiger partial charge in [-0.1, -0.05) is 60.7 Å². The van der Waals surface area contributed by atoms with Gasteiger partial charge in [0.25, 0.3) is 0 Å². The molecule has 0 unspecified atom stereocenters. The van der Waals surface area contributed by atoms with Crippen LogP contribution in [-0.2, 0) is 16.1 Å². The van der Waals surface area contributed by atoms with Crippen LogP contribution >= 0.6 is 0 Å². The molecule has 3 atom stereocenters. The molecule has 110 valence electrons. The summed E-state index contributed by atoms with van der Waals surface area (Å²) in [4.78, 5) is 0. The van der Waals surface area contributed by atoms with Gasteiger partial charge < -0.3 is 14.6 Å². The predicted molar refractivity (Wildman–Crippen MR) is 80.8 cm³/mol. The molecule has 0 aromatic heterocycles. The maximum Gasteiger partial charge on any atom is 0.108 e. The number of aliphatic hydroxyl groups is 1. The Balaban J connectivity index is 1.62. The average Bonchev–Trinajstić information content (AvgIpc) is 2.98. The first kappa shape index (κ1) is 14.3. The second-order valence-corrected chi connectivity index (χ2v) is 5.33. The third-order valence-corrected chi connectivity index (χ3v) is 3.86. The zero-order valence-corrected chi connectivity index (χ0v) is 11.9. The van der Waals surface area contributed by atoms with E-state index in [1.807, 2.05) is 48.5 Å². The van der Waals surface area contributed by atoms with E-state index in [1.165, 1.54) is 0 Å². The number of benzene rings is 2. The van der Waals surface area contributed by atoms with E-state index in [-0.39, 0.29) is 24.9 Å². The summed E-state index contributed by atoms with van der Waals surface area (Å²) in [5.41, 5.74) is 2.28. The molecule has 1 fully saturated rings. The summed E-state index contributed by atoms with van der Waals surface area (Å²) in [6.45, 7) is 0.537. The highest BCUT2D eigenvalue weighted by Crippen LogP contribution is 2.34. The van der Waals surface area contributed by atoms with Crippen molar-refractivity contribution in [2.75, 3.05) is 6.61 Å². The molecule has 1 N–H and O–H groups in total. The van der Waals surface area contributed by atoms with Crippen LogP contribution in [0.2, 0.25) is 0 Å². The first-order chi connectivity index (χ1) is 10.4. The zero-order chi connectivity index (χ0) is 14.5. The maximum absolute atomic E-state index is 9.49. The van der Waals surface area contributed by atoms with Crippen molar-refractivity contribution in [3.63, 3.8) is 0 Å². The van der Waals surface area contributed by atoms with Crippen molar-refractivity contribution >= 4 is 0 Å². The molecule has 0 spiro atoms. The van der Waals surface area contributed by atoms with Gasteiger partial charge >= 0.3 is 0 Å². The Morgan fingerprint density at radius 2 is 1.67 bits per heavy atom. The lowest BCUT2D eigenvalue weighted by atomic mass is 10.0. The van der Waals surface area contributed by atoms with Crippen LogP contribution in [0.4, 0.5) is 0 Å². The lowest BCUT2D eigenvalue weighted by Crippen LogP contribution is -2.27. The highest BCUT2D eigenvalue weighted by Gasteiger charge is 2.36. The largest absolute Gasteiger partial charge is 0.394 e. The lowest BCUT2D eigenvalue weighted by Gasteiger charge is -2.16. The lowest BCUT2D eigenvalue weighted by molar-refractivity contribution is -0.0524. The molecule has 2 aromatic carbocycles. The van der Waals surface area contributed by atoms with Crippen molar-refractivity contribution in [3.8, 4) is 0 Å². The molecule has 0 radical (unpaired) electrons. The fourth-order valence-corrected chi connectivity index (χ4v) is 2.71. The van der Waals surface area contributed by atoms with Gasteiger partial charge in [-0.15, -0.1) is 0 Å². The molecule has 1 saturated heterocycles. The summed E-state index contributed by atoms with van der Waals surface area (Å²) >= 11 is 0. The molecular weight excluding hydrogens is 264 g/mol. The molecule has 1 aliphatic rings. The molecule has 3 rings (SSSR count). The van der Waals surface area contributed by atoms with Crippen molar-refractivity contribution in [1.29, 1.82) is 0 Å². The third kappa shape index (κ3) is 3.50. The normalized spacial score (nSPS) is 25.1. The minimum Gasteiger partial charge on any atom is -0.394 e. The van der Waals surface area contributed by atoms with Gasteiger partial charge in [0.2, 0.25) is 0 Å². The van der Waals surface area contributed by atoms with E-state index >= 15 is 0 Å². The van der Waals surface area contributed by atoms with Crippen molar-refractivity contribution in [3.05, 3.63) is 71.8 Å². The summed E-state index contributed by atoms with van der Waals surface area (Å²) in [5.74, 6) is 0. The molecule has 1 aliphatic heterocycles. The minimum absolute atomic E-state index is 0.00382. The van der Waals surface area contributed by atoms with Gasteiger partial charge in [0.15, 0.2) is 0 Å². The topological polar surface area (TPSA) is 38.7 Å². The average molecular weight is 284 g/mol. The van der Waals surface area contributed by atoms with Crippen molar-refractivity contribution in [1.82, 2.24) is 0 Å². The van der Waals surface area contributed by atoms with Crippen LogP contribution in [0.3, 0.4) is 0 Å². The molecule has 0 bridgehead atoms. The monoisotopic (exact) mass is 284 g/mol. The van der Waals surface area contributed by atoms with Gasteiger partial charge in [-0.2, -0.15) is 0 Å². The van der Waals surface area contributed by atoms with Crippen LogP contribution in [0.25, 0.3) is 0 Å². The van der Waals surface area contributed by atoms with Gasteiger partial charge in [0, 0.05) is 6.42 Å². The second-order valence-electron chi connectivity index (χ2n) is 5.33. The Labute approximate surface area is 125 Å². The molecule has 2 aromatic rings. The smallest absolute Gasteiger partial charge is 0.108 e. The van der Waals surface area contributed by atoms with E-state index in [0.29, 0.717) is 6.61 Å². The summed E-state index contributed by atoms with van der Waals surface area (Å²) in [5, 5.41) is 9.49. The Morgan fingerprint density at radius 1 is 1.00 bits per heavy atom. The van der Waals surface area contributed by atoms with Gasteiger partial charge in [0.05, 0.1) is 25.4 Å². The molecule has 0 aliphatic carbocycles. The SMILES string of the molecule is OC[C@H]1O[C@@H](c2ccccc2)C[C@@H]1OCc1ccccc1. The zero-order valence-electron chi connectivity index (χ0n) is 11.9. The highest BCUT2D eigenvalue weighted by molar-refractivity contribution is 5.19. The number of hydrogen-bond donors (Lipinski definition) is 1. The van der Waals surface area contributed by atoms with Crippen LogP contribution < -0.4 is 0 Å². The van der Waals surface area contributed by atoms with Crippen molar-refractivity contribution in [2.45, 2.75) is 31.3 Å². The molecule has 3 heteroatoms. The molecule has 21 heavy (non-hydrogen) atoms. The summed E-state index contributed by atoms with van der Waals surface area (Å²) in [6.07, 6.45) is 0.464. The van der Waals surface area contributed by atoms with Crippen LogP contribution in [0.1, 0.15) is 23.7 Å². The first-order valence-corrected chi connectivity index (χ1v) is 7.33. The van der Waals surface area contributed by atoms with Crippen LogP contribution in [0.15, 0.2) is 60.7 Å². The second kappa shape index (κ2) is 6.85. The predicted octanol–water partition coefficient (Wildman–Crippen LogP) is 3.09. The van der Waals surface area contributed by atoms with Crippen LogP contribution in [0, 0.1) is 0 Å². The first-order valence-electron chi connectivity index (χ1n) is 7.33. The van der Waals surface area contributed by atoms with Gasteiger partial charge in [0.1, 0.15) is 6.10 Å². The number of hydrogen-bond acceptors (Lipinski definition) is 3. The van der Waals surface area contributed by atoms with E-state index in [9.17, 15) is 5.11 Å². The quantitative estimate of drug-likeness (QED) is 0.917. The van der Waals surface area contributed by atoms with Gasteiger partial charge in [-0.25, -0.2) is 0 Å².